The highest BCUT2D eigenvalue weighted by Gasteiger charge is 2.33. The van der Waals surface area contributed by atoms with Crippen LogP contribution in [0.4, 0.5) is 11.4 Å². The van der Waals surface area contributed by atoms with Crippen LogP contribution < -0.4 is 19.7 Å². The maximum Gasteiger partial charge on any atom is 0.251 e. The molecule has 0 fully saturated rings. The summed E-state index contributed by atoms with van der Waals surface area (Å²) in [5, 5.41) is 12.0. The number of nitrogens with one attached hydrogen (secondary N) is 1. The smallest absolute Gasteiger partial charge is 0.251 e. The molecule has 1 unspecified atom stereocenters. The van der Waals surface area contributed by atoms with E-state index in [4.69, 9.17) is 21.1 Å². The van der Waals surface area contributed by atoms with Crippen LogP contribution in [0.3, 0.4) is 0 Å². The van der Waals surface area contributed by atoms with Crippen molar-refractivity contribution >= 4 is 45.8 Å². The van der Waals surface area contributed by atoms with Gasteiger partial charge in [-0.3, -0.25) is 9.59 Å². The number of anilines is 2. The van der Waals surface area contributed by atoms with Gasteiger partial charge < -0.3 is 24.6 Å². The standard InChI is InChI=1S/C33H33ClN6O4/c1-38(2)26-16-14-25(15-17-26)35-33(42)32(23-11-18-29(43-3)30(19-23)44-4)39(20-22-9-12-24(34)13-10-22)31(41)21-40-28-8-6-5-7-27(28)36-37-40/h5-19,32H,20-21H2,1-4H3,(H,35,42). The number of benzene rings is 4. The average molecular weight is 613 g/mol. The van der Waals surface area contributed by atoms with Gasteiger partial charge in [-0.2, -0.15) is 0 Å². The highest BCUT2D eigenvalue weighted by atomic mass is 35.5. The van der Waals surface area contributed by atoms with E-state index in [0.29, 0.717) is 38.8 Å². The third-order valence-electron chi connectivity index (χ3n) is 7.23. The Kier molecular flexibility index (Phi) is 9.30. The Morgan fingerprint density at radius 3 is 2.30 bits per heavy atom. The minimum atomic E-state index is -1.05. The molecule has 226 valence electrons. The molecule has 0 aliphatic carbocycles. The van der Waals surface area contributed by atoms with Crippen molar-refractivity contribution in [1.29, 1.82) is 0 Å². The van der Waals surface area contributed by atoms with E-state index in [1.54, 1.807) is 30.3 Å². The van der Waals surface area contributed by atoms with Gasteiger partial charge in [-0.05, 0) is 71.8 Å². The molecule has 44 heavy (non-hydrogen) atoms. The molecule has 5 rings (SSSR count). The van der Waals surface area contributed by atoms with Crippen LogP contribution in [-0.2, 0) is 22.7 Å². The summed E-state index contributed by atoms with van der Waals surface area (Å²) in [6, 6.07) is 26.2. The largest absolute Gasteiger partial charge is 0.493 e. The van der Waals surface area contributed by atoms with Gasteiger partial charge in [-0.25, -0.2) is 4.68 Å². The molecule has 2 amide bonds. The number of carbonyl (C=O) groups excluding carboxylic acids is 2. The third-order valence-corrected chi connectivity index (χ3v) is 7.48. The maximum absolute atomic E-state index is 14.3. The summed E-state index contributed by atoms with van der Waals surface area (Å²) in [6.45, 7) is -0.0165. The van der Waals surface area contributed by atoms with Crippen molar-refractivity contribution in [3.8, 4) is 11.5 Å². The maximum atomic E-state index is 14.3. The summed E-state index contributed by atoms with van der Waals surface area (Å²) < 4.78 is 12.5. The third kappa shape index (κ3) is 6.76. The number of ether oxygens (including phenoxy) is 2. The molecule has 0 spiro atoms. The summed E-state index contributed by atoms with van der Waals surface area (Å²) in [5.41, 5.74) is 4.28. The van der Waals surface area contributed by atoms with Crippen LogP contribution in [0.1, 0.15) is 17.2 Å². The van der Waals surface area contributed by atoms with E-state index >= 15 is 0 Å². The van der Waals surface area contributed by atoms with E-state index in [2.05, 4.69) is 15.6 Å². The van der Waals surface area contributed by atoms with Crippen LogP contribution in [0.15, 0.2) is 91.0 Å². The first-order valence-corrected chi connectivity index (χ1v) is 14.3. The number of halogens is 1. The van der Waals surface area contributed by atoms with E-state index in [-0.39, 0.29) is 19.0 Å². The molecule has 1 heterocycles. The zero-order valence-corrected chi connectivity index (χ0v) is 25.7. The van der Waals surface area contributed by atoms with Crippen molar-refractivity contribution in [1.82, 2.24) is 19.9 Å². The Balaban J connectivity index is 1.58. The second-order valence-corrected chi connectivity index (χ2v) is 10.8. The van der Waals surface area contributed by atoms with Crippen LogP contribution in [0, 0.1) is 0 Å². The Morgan fingerprint density at radius 1 is 0.909 bits per heavy atom. The van der Waals surface area contributed by atoms with Gasteiger partial charge in [0.1, 0.15) is 18.1 Å². The first-order chi connectivity index (χ1) is 21.3. The molecule has 1 aromatic heterocycles. The van der Waals surface area contributed by atoms with Crippen LogP contribution in [-0.4, -0.2) is 60.0 Å². The van der Waals surface area contributed by atoms with Crippen molar-refractivity contribution in [3.63, 3.8) is 0 Å². The van der Waals surface area contributed by atoms with Gasteiger partial charge in [-0.15, -0.1) is 5.10 Å². The van der Waals surface area contributed by atoms with Crippen LogP contribution in [0.25, 0.3) is 11.0 Å². The van der Waals surface area contributed by atoms with E-state index in [1.165, 1.54) is 23.8 Å². The minimum absolute atomic E-state index is 0.120. The number of hydrogen-bond donors (Lipinski definition) is 1. The Labute approximate surface area is 260 Å². The first kappa shape index (κ1) is 30.4. The number of rotatable bonds is 11. The van der Waals surface area contributed by atoms with Gasteiger partial charge in [0.2, 0.25) is 5.91 Å². The summed E-state index contributed by atoms with van der Waals surface area (Å²) in [7, 11) is 6.95. The Bertz CT molecular complexity index is 1760. The lowest BCUT2D eigenvalue weighted by atomic mass is 10.0. The van der Waals surface area contributed by atoms with Gasteiger partial charge in [0.15, 0.2) is 11.5 Å². The quantitative estimate of drug-likeness (QED) is 0.208. The second kappa shape index (κ2) is 13.5. The fourth-order valence-electron chi connectivity index (χ4n) is 4.91. The number of amides is 2. The number of fused-ring (bicyclic) bond motifs is 1. The van der Waals surface area contributed by atoms with Crippen molar-refractivity contribution in [3.05, 3.63) is 107 Å². The molecular formula is C33H33ClN6O4. The van der Waals surface area contributed by atoms with Crippen molar-refractivity contribution in [2.75, 3.05) is 38.5 Å². The molecule has 0 radical (unpaired) electrons. The number of para-hydroxylation sites is 1. The Morgan fingerprint density at radius 2 is 1.61 bits per heavy atom. The number of methoxy groups -OCH3 is 2. The first-order valence-electron chi connectivity index (χ1n) is 13.9. The zero-order chi connectivity index (χ0) is 31.2. The zero-order valence-electron chi connectivity index (χ0n) is 24.9. The molecule has 1 atom stereocenters. The lowest BCUT2D eigenvalue weighted by molar-refractivity contribution is -0.140. The molecule has 4 aromatic carbocycles. The minimum Gasteiger partial charge on any atom is -0.493 e. The van der Waals surface area contributed by atoms with E-state index in [1.807, 2.05) is 79.7 Å². The molecule has 0 bridgehead atoms. The molecule has 1 N–H and O–H groups in total. The highest BCUT2D eigenvalue weighted by Crippen LogP contribution is 2.34. The monoisotopic (exact) mass is 612 g/mol. The molecule has 5 aromatic rings. The number of carbonyl (C=O) groups is 2. The van der Waals surface area contributed by atoms with Gasteiger partial charge in [0.05, 0.1) is 19.7 Å². The fourth-order valence-corrected chi connectivity index (χ4v) is 5.04. The molecule has 0 saturated carbocycles. The van der Waals surface area contributed by atoms with E-state index in [9.17, 15) is 9.59 Å². The van der Waals surface area contributed by atoms with Crippen molar-refractivity contribution < 1.29 is 19.1 Å². The summed E-state index contributed by atoms with van der Waals surface area (Å²) in [4.78, 5) is 32.0. The molecule has 0 aliphatic heterocycles. The van der Waals surface area contributed by atoms with Crippen LogP contribution >= 0.6 is 11.6 Å². The number of aromatic nitrogens is 3. The lowest BCUT2D eigenvalue weighted by Gasteiger charge is -2.32. The van der Waals surface area contributed by atoms with E-state index in [0.717, 1.165) is 11.3 Å². The molecule has 0 saturated heterocycles. The molecule has 11 heteroatoms. The number of hydrogen-bond acceptors (Lipinski definition) is 7. The van der Waals surface area contributed by atoms with E-state index < -0.39 is 11.9 Å². The molecule has 0 aliphatic rings. The van der Waals surface area contributed by atoms with Crippen molar-refractivity contribution in [2.45, 2.75) is 19.1 Å². The normalized spacial score (nSPS) is 11.6. The predicted octanol–water partition coefficient (Wildman–Crippen LogP) is 5.58. The SMILES string of the molecule is COc1ccc(C(C(=O)Nc2ccc(N(C)C)cc2)N(Cc2ccc(Cl)cc2)C(=O)Cn2nnc3ccccc32)cc1OC. The number of nitrogens with zero attached hydrogens (tertiary/aromatic N) is 5. The van der Waals surface area contributed by atoms with Crippen LogP contribution in [0.5, 0.6) is 11.5 Å². The predicted molar refractivity (Wildman–Crippen MR) is 171 cm³/mol. The summed E-state index contributed by atoms with van der Waals surface area (Å²) >= 11 is 6.16. The van der Waals surface area contributed by atoms with Crippen molar-refractivity contribution in [2.24, 2.45) is 0 Å². The second-order valence-electron chi connectivity index (χ2n) is 10.3. The molecular weight excluding hydrogens is 580 g/mol. The molecule has 10 nitrogen and oxygen atoms in total. The summed E-state index contributed by atoms with van der Waals surface area (Å²) in [5.74, 6) is 0.188. The fraction of sp³-hybridized carbons (Fsp3) is 0.212. The average Bonchev–Trinajstić information content (AvgIpc) is 3.44. The van der Waals surface area contributed by atoms with Gasteiger partial charge in [0.25, 0.3) is 5.91 Å². The van der Waals surface area contributed by atoms with Gasteiger partial charge >= 0.3 is 0 Å². The highest BCUT2D eigenvalue weighted by molar-refractivity contribution is 6.30. The Hall–Kier alpha value is -5.09. The lowest BCUT2D eigenvalue weighted by Crippen LogP contribution is -2.42. The topological polar surface area (TPSA) is 102 Å². The van der Waals surface area contributed by atoms with Crippen LogP contribution in [0.2, 0.25) is 5.02 Å². The van der Waals surface area contributed by atoms with Gasteiger partial charge in [0, 0.05) is 37.0 Å². The summed E-state index contributed by atoms with van der Waals surface area (Å²) in [6.07, 6.45) is 0. The van der Waals surface area contributed by atoms with Gasteiger partial charge in [-0.1, -0.05) is 47.1 Å².